The molecule has 6 nitrogen and oxygen atoms in total. The third kappa shape index (κ3) is 2.25. The van der Waals surface area contributed by atoms with Crippen LogP contribution in [0.3, 0.4) is 0 Å². The second kappa shape index (κ2) is 4.84. The molecule has 0 bridgehead atoms. The third-order valence-corrected chi connectivity index (χ3v) is 4.28. The van der Waals surface area contributed by atoms with Gasteiger partial charge in [0.2, 0.25) is 0 Å². The number of carbonyl (C=O) groups excluding carboxylic acids is 1. The fourth-order valence-corrected chi connectivity index (χ4v) is 3.27. The van der Waals surface area contributed by atoms with Crippen molar-refractivity contribution in [3.05, 3.63) is 48.3 Å². The molecule has 0 atom stereocenters. The van der Waals surface area contributed by atoms with Crippen LogP contribution in [-0.4, -0.2) is 58.0 Å². The van der Waals surface area contributed by atoms with E-state index < -0.39 is 0 Å². The third-order valence-electron chi connectivity index (χ3n) is 4.28. The molecular weight excluding hydrogens is 280 g/mol. The molecule has 2 aliphatic heterocycles. The molecular formula is C16H18N4O2. The van der Waals surface area contributed by atoms with E-state index >= 15 is 0 Å². The summed E-state index contributed by atoms with van der Waals surface area (Å²) in [5.41, 5.74) is 2.03. The first-order valence-electron chi connectivity index (χ1n) is 7.39. The molecule has 1 aromatic heterocycles. The highest BCUT2D eigenvalue weighted by molar-refractivity contribution is 5.70. The molecule has 2 aromatic rings. The summed E-state index contributed by atoms with van der Waals surface area (Å²) >= 11 is 0. The van der Waals surface area contributed by atoms with E-state index in [0.717, 1.165) is 25.3 Å². The quantitative estimate of drug-likeness (QED) is 0.862. The maximum atomic E-state index is 11.5. The Bertz CT molecular complexity index is 675. The van der Waals surface area contributed by atoms with Crippen LogP contribution in [0.25, 0.3) is 5.69 Å². The van der Waals surface area contributed by atoms with Gasteiger partial charge in [-0.2, -0.15) is 5.10 Å². The summed E-state index contributed by atoms with van der Waals surface area (Å²) in [5.74, 6) is 0. The molecule has 0 aliphatic carbocycles. The van der Waals surface area contributed by atoms with Crippen molar-refractivity contribution in [1.82, 2.24) is 19.6 Å². The summed E-state index contributed by atoms with van der Waals surface area (Å²) in [7, 11) is 1.79. The standard InChI is InChI=1S/C16H18N4O2/c1-18-10-16(22-15(18)21)11-19(12-16)9-13-3-5-14(6-4-13)20-8-2-7-17-20/h2-8H,9-12H2,1H3. The van der Waals surface area contributed by atoms with Crippen LogP contribution in [0.5, 0.6) is 0 Å². The summed E-state index contributed by atoms with van der Waals surface area (Å²) in [6.07, 6.45) is 3.50. The van der Waals surface area contributed by atoms with Crippen molar-refractivity contribution in [2.24, 2.45) is 0 Å². The molecule has 3 heterocycles. The van der Waals surface area contributed by atoms with Gasteiger partial charge >= 0.3 is 6.09 Å². The smallest absolute Gasteiger partial charge is 0.410 e. The van der Waals surface area contributed by atoms with Crippen LogP contribution >= 0.6 is 0 Å². The Labute approximate surface area is 128 Å². The molecule has 2 aliphatic rings. The number of hydrogen-bond donors (Lipinski definition) is 0. The minimum Gasteiger partial charge on any atom is -0.438 e. The maximum absolute atomic E-state index is 11.5. The zero-order chi connectivity index (χ0) is 15.2. The molecule has 6 heteroatoms. The van der Waals surface area contributed by atoms with Gasteiger partial charge in [-0.25, -0.2) is 9.48 Å². The Balaban J connectivity index is 1.36. The number of ether oxygens (including phenoxy) is 1. The summed E-state index contributed by atoms with van der Waals surface area (Å²) in [6, 6.07) is 10.3. The Morgan fingerprint density at radius 3 is 2.59 bits per heavy atom. The van der Waals surface area contributed by atoms with Crippen molar-refractivity contribution in [1.29, 1.82) is 0 Å². The SMILES string of the molecule is CN1CC2(CN(Cc3ccc(-n4cccn4)cc3)C2)OC1=O. The van der Waals surface area contributed by atoms with Gasteiger partial charge in [0, 0.05) is 39.1 Å². The van der Waals surface area contributed by atoms with Crippen molar-refractivity contribution in [3.63, 3.8) is 0 Å². The number of likely N-dealkylation sites (tertiary alicyclic amines) is 1. The molecule has 0 saturated carbocycles. The number of nitrogens with zero attached hydrogens (tertiary/aromatic N) is 4. The van der Waals surface area contributed by atoms with Crippen molar-refractivity contribution in [3.8, 4) is 5.69 Å². The number of benzene rings is 1. The Kier molecular flexibility index (Phi) is 2.94. The first-order chi connectivity index (χ1) is 10.6. The molecule has 2 saturated heterocycles. The molecule has 0 radical (unpaired) electrons. The number of carbonyl (C=O) groups is 1. The van der Waals surface area contributed by atoms with Gasteiger partial charge in [0.15, 0.2) is 5.60 Å². The second-order valence-corrected chi connectivity index (χ2v) is 6.17. The highest BCUT2D eigenvalue weighted by atomic mass is 16.6. The molecule has 4 rings (SSSR count). The lowest BCUT2D eigenvalue weighted by molar-refractivity contribution is -0.0772. The summed E-state index contributed by atoms with van der Waals surface area (Å²) in [4.78, 5) is 15.4. The van der Waals surface area contributed by atoms with E-state index in [4.69, 9.17) is 4.74 Å². The summed E-state index contributed by atoms with van der Waals surface area (Å²) < 4.78 is 7.31. The minimum absolute atomic E-state index is 0.205. The highest BCUT2D eigenvalue weighted by Crippen LogP contribution is 2.32. The topological polar surface area (TPSA) is 50.6 Å². The van der Waals surface area contributed by atoms with Gasteiger partial charge in [0.1, 0.15) is 0 Å². The van der Waals surface area contributed by atoms with E-state index in [1.807, 2.05) is 16.9 Å². The van der Waals surface area contributed by atoms with E-state index in [-0.39, 0.29) is 11.7 Å². The Morgan fingerprint density at radius 1 is 1.23 bits per heavy atom. The predicted octanol–water partition coefficient (Wildman–Crippen LogP) is 1.51. The van der Waals surface area contributed by atoms with Gasteiger partial charge in [-0.05, 0) is 23.8 Å². The lowest BCUT2D eigenvalue weighted by atomic mass is 9.93. The van der Waals surface area contributed by atoms with E-state index in [9.17, 15) is 4.79 Å². The van der Waals surface area contributed by atoms with E-state index in [2.05, 4.69) is 34.3 Å². The Morgan fingerprint density at radius 2 is 2.00 bits per heavy atom. The molecule has 114 valence electrons. The highest BCUT2D eigenvalue weighted by Gasteiger charge is 2.52. The van der Waals surface area contributed by atoms with Crippen LogP contribution in [0.15, 0.2) is 42.7 Å². The van der Waals surface area contributed by atoms with Gasteiger partial charge in [-0.3, -0.25) is 4.90 Å². The number of aromatic nitrogens is 2. The zero-order valence-corrected chi connectivity index (χ0v) is 12.5. The number of hydrogen-bond acceptors (Lipinski definition) is 4. The van der Waals surface area contributed by atoms with Gasteiger partial charge in [-0.15, -0.1) is 0 Å². The van der Waals surface area contributed by atoms with E-state index in [1.54, 1.807) is 18.1 Å². The average Bonchev–Trinajstić information content (AvgIpc) is 3.09. The van der Waals surface area contributed by atoms with Gasteiger partial charge in [0.25, 0.3) is 0 Å². The van der Waals surface area contributed by atoms with Crippen LogP contribution in [0.2, 0.25) is 0 Å². The molecule has 1 amide bonds. The van der Waals surface area contributed by atoms with Crippen molar-refractivity contribution < 1.29 is 9.53 Å². The fourth-order valence-electron chi connectivity index (χ4n) is 3.27. The van der Waals surface area contributed by atoms with Gasteiger partial charge < -0.3 is 9.64 Å². The number of rotatable bonds is 3. The van der Waals surface area contributed by atoms with Crippen LogP contribution in [0.1, 0.15) is 5.56 Å². The van der Waals surface area contributed by atoms with Crippen molar-refractivity contribution >= 4 is 6.09 Å². The molecule has 1 aromatic carbocycles. The molecule has 0 N–H and O–H groups in total. The zero-order valence-electron chi connectivity index (χ0n) is 12.5. The lowest BCUT2D eigenvalue weighted by Gasteiger charge is -2.45. The van der Waals surface area contributed by atoms with E-state index in [0.29, 0.717) is 6.54 Å². The molecule has 2 fully saturated rings. The fraction of sp³-hybridized carbons (Fsp3) is 0.375. The predicted molar refractivity (Wildman–Crippen MR) is 80.7 cm³/mol. The number of amides is 1. The van der Waals surface area contributed by atoms with Crippen LogP contribution in [0, 0.1) is 0 Å². The average molecular weight is 298 g/mol. The van der Waals surface area contributed by atoms with E-state index in [1.165, 1.54) is 5.56 Å². The Hall–Kier alpha value is -2.34. The van der Waals surface area contributed by atoms with Crippen molar-refractivity contribution in [2.75, 3.05) is 26.7 Å². The van der Waals surface area contributed by atoms with Gasteiger partial charge in [-0.1, -0.05) is 12.1 Å². The summed E-state index contributed by atoms with van der Waals surface area (Å²) in [5, 5.41) is 4.22. The monoisotopic (exact) mass is 298 g/mol. The van der Waals surface area contributed by atoms with Crippen LogP contribution < -0.4 is 0 Å². The van der Waals surface area contributed by atoms with Crippen LogP contribution in [0.4, 0.5) is 4.79 Å². The molecule has 0 unspecified atom stereocenters. The molecule has 1 spiro atoms. The second-order valence-electron chi connectivity index (χ2n) is 6.17. The minimum atomic E-state index is -0.277. The lowest BCUT2D eigenvalue weighted by Crippen LogP contribution is -2.63. The van der Waals surface area contributed by atoms with Gasteiger partial charge in [0.05, 0.1) is 12.2 Å². The first kappa shape index (κ1) is 13.3. The number of likely N-dealkylation sites (N-methyl/N-ethyl adjacent to an activating group) is 1. The largest absolute Gasteiger partial charge is 0.438 e. The van der Waals surface area contributed by atoms with Crippen LogP contribution in [-0.2, 0) is 11.3 Å². The van der Waals surface area contributed by atoms with Crippen molar-refractivity contribution in [2.45, 2.75) is 12.1 Å². The summed E-state index contributed by atoms with van der Waals surface area (Å²) in [6.45, 7) is 3.19. The normalized spacial score (nSPS) is 20.2. The first-order valence-corrected chi connectivity index (χ1v) is 7.39. The molecule has 22 heavy (non-hydrogen) atoms. The maximum Gasteiger partial charge on any atom is 0.410 e.